The molecule has 20 heavy (non-hydrogen) atoms. The number of rotatable bonds is 2. The minimum absolute atomic E-state index is 0.143. The maximum absolute atomic E-state index is 12.4. The van der Waals surface area contributed by atoms with Crippen LogP contribution in [0, 0.1) is 6.92 Å². The van der Waals surface area contributed by atoms with Gasteiger partial charge in [-0.3, -0.25) is 9.59 Å². The molecule has 0 spiro atoms. The number of Topliss-reactive ketones (excluding diaryl/α,β-unsaturated/α-hetero) is 2. The molecule has 1 aromatic rings. The van der Waals surface area contributed by atoms with Gasteiger partial charge in [0.2, 0.25) is 0 Å². The Morgan fingerprint density at radius 1 is 1.20 bits per heavy atom. The molecule has 2 rings (SSSR count). The van der Waals surface area contributed by atoms with Gasteiger partial charge in [0, 0.05) is 22.3 Å². The monoisotopic (exact) mass is 286 g/mol. The van der Waals surface area contributed by atoms with Crippen molar-refractivity contribution in [2.75, 3.05) is 6.26 Å². The van der Waals surface area contributed by atoms with Crippen LogP contribution in [0.5, 0.6) is 0 Å². The molecule has 0 fully saturated rings. The fourth-order valence-corrected chi connectivity index (χ4v) is 2.28. The van der Waals surface area contributed by atoms with Crippen LogP contribution in [0.15, 0.2) is 54.2 Å². The highest BCUT2D eigenvalue weighted by Gasteiger charge is 2.31. The van der Waals surface area contributed by atoms with Crippen molar-refractivity contribution in [3.8, 4) is 0 Å². The van der Waals surface area contributed by atoms with E-state index in [0.29, 0.717) is 27.8 Å². The molecular formula is C17H18O2S. The number of fused-ring (bicyclic) bond motifs is 1. The minimum atomic E-state index is -0.143. The Balaban J connectivity index is 0.000000956. The van der Waals surface area contributed by atoms with Gasteiger partial charge >= 0.3 is 0 Å². The summed E-state index contributed by atoms with van der Waals surface area (Å²) >= 11 is 3.53. The van der Waals surface area contributed by atoms with Crippen molar-refractivity contribution in [3.63, 3.8) is 0 Å². The number of carbonyl (C=O) groups is 2. The van der Waals surface area contributed by atoms with Gasteiger partial charge in [0.05, 0.1) is 0 Å². The molecule has 0 radical (unpaired) electrons. The van der Waals surface area contributed by atoms with Crippen LogP contribution in [0.3, 0.4) is 0 Å². The third-order valence-corrected chi connectivity index (χ3v) is 3.12. The Labute approximate surface area is 125 Å². The second-order valence-electron chi connectivity index (χ2n) is 4.43. The van der Waals surface area contributed by atoms with Gasteiger partial charge in [0.1, 0.15) is 0 Å². The fraction of sp³-hybridized carbons (Fsp3) is 0.176. The molecule has 3 heteroatoms. The topological polar surface area (TPSA) is 34.1 Å². The van der Waals surface area contributed by atoms with E-state index in [9.17, 15) is 9.59 Å². The lowest BCUT2D eigenvalue weighted by Gasteiger charge is -2.20. The first-order valence-corrected chi connectivity index (χ1v) is 7.04. The van der Waals surface area contributed by atoms with E-state index in [1.807, 2.05) is 13.0 Å². The lowest BCUT2D eigenvalue weighted by Crippen LogP contribution is -2.22. The average molecular weight is 286 g/mol. The van der Waals surface area contributed by atoms with Gasteiger partial charge < -0.3 is 0 Å². The summed E-state index contributed by atoms with van der Waals surface area (Å²) in [7, 11) is 0. The van der Waals surface area contributed by atoms with Gasteiger partial charge in [0.15, 0.2) is 11.6 Å². The lowest BCUT2D eigenvalue weighted by molar-refractivity contribution is 0.0979. The molecule has 1 aromatic carbocycles. The van der Waals surface area contributed by atoms with Crippen LogP contribution in [0.1, 0.15) is 33.2 Å². The normalized spacial score (nSPS) is 13.4. The number of carbonyl (C=O) groups excluding carboxylic acids is 2. The van der Waals surface area contributed by atoms with Crippen LogP contribution in [-0.2, 0) is 0 Å². The van der Waals surface area contributed by atoms with Crippen LogP contribution in [0.2, 0.25) is 0 Å². The van der Waals surface area contributed by atoms with E-state index in [2.05, 4.69) is 25.8 Å². The average Bonchev–Trinajstić information content (AvgIpc) is 2.44. The van der Waals surface area contributed by atoms with E-state index in [1.54, 1.807) is 25.3 Å². The van der Waals surface area contributed by atoms with Crippen LogP contribution in [0.4, 0.5) is 0 Å². The van der Waals surface area contributed by atoms with Gasteiger partial charge in [0.25, 0.3) is 0 Å². The highest BCUT2D eigenvalue weighted by Crippen LogP contribution is 2.31. The summed E-state index contributed by atoms with van der Waals surface area (Å²) in [4.78, 5) is 24.8. The Morgan fingerprint density at radius 2 is 1.80 bits per heavy atom. The molecule has 0 atom stereocenters. The predicted molar refractivity (Wildman–Crippen MR) is 86.8 cm³/mol. The van der Waals surface area contributed by atoms with Crippen molar-refractivity contribution in [1.82, 2.24) is 0 Å². The molecule has 104 valence electrons. The third kappa shape index (κ3) is 2.54. The van der Waals surface area contributed by atoms with Gasteiger partial charge in [-0.25, -0.2) is 0 Å². The highest BCUT2D eigenvalue weighted by atomic mass is 32.1. The summed E-state index contributed by atoms with van der Waals surface area (Å²) in [6.45, 7) is 11.0. The summed E-state index contributed by atoms with van der Waals surface area (Å²) in [5.41, 5.74) is 3.09. The van der Waals surface area contributed by atoms with Crippen molar-refractivity contribution in [1.29, 1.82) is 0 Å². The molecule has 0 N–H and O–H groups in total. The quantitative estimate of drug-likeness (QED) is 0.834. The number of aryl methyl sites for hydroxylation is 1. The lowest BCUT2D eigenvalue weighted by atomic mass is 9.80. The van der Waals surface area contributed by atoms with E-state index in [0.717, 1.165) is 5.56 Å². The van der Waals surface area contributed by atoms with E-state index in [-0.39, 0.29) is 11.6 Å². The van der Waals surface area contributed by atoms with Crippen molar-refractivity contribution >= 4 is 24.2 Å². The zero-order valence-corrected chi connectivity index (χ0v) is 12.9. The molecule has 0 amide bonds. The van der Waals surface area contributed by atoms with Crippen LogP contribution >= 0.6 is 12.6 Å². The number of hydrogen-bond donors (Lipinski definition) is 1. The minimum Gasteiger partial charge on any atom is -0.289 e. The zero-order valence-electron chi connectivity index (χ0n) is 12.0. The molecule has 2 nitrogen and oxygen atoms in total. The van der Waals surface area contributed by atoms with Gasteiger partial charge in [-0.05, 0) is 31.2 Å². The predicted octanol–water partition coefficient (Wildman–Crippen LogP) is 3.98. The molecule has 0 aliphatic heterocycles. The molecule has 0 saturated heterocycles. The summed E-state index contributed by atoms with van der Waals surface area (Å²) < 4.78 is 0. The number of hydrogen-bond acceptors (Lipinski definition) is 3. The molecule has 0 heterocycles. The maximum Gasteiger partial charge on any atom is 0.194 e. The maximum atomic E-state index is 12.4. The molecule has 1 aliphatic rings. The molecule has 0 bridgehead atoms. The number of thiol groups is 1. The summed E-state index contributed by atoms with van der Waals surface area (Å²) in [5.74, 6) is -0.286. The first-order valence-electron chi connectivity index (χ1n) is 6.15. The van der Waals surface area contributed by atoms with Crippen molar-refractivity contribution in [2.45, 2.75) is 13.8 Å². The SMILES string of the molecule is C=CC1=C(C(=C)C)C(=O)c2cccc(C)c2C1=O.CS. The molecular weight excluding hydrogens is 268 g/mol. The number of ketones is 2. The molecule has 0 saturated carbocycles. The summed E-state index contributed by atoms with van der Waals surface area (Å²) in [6.07, 6.45) is 3.14. The van der Waals surface area contributed by atoms with E-state index < -0.39 is 0 Å². The van der Waals surface area contributed by atoms with E-state index in [4.69, 9.17) is 0 Å². The van der Waals surface area contributed by atoms with Crippen molar-refractivity contribution in [3.05, 3.63) is 70.8 Å². The highest BCUT2D eigenvalue weighted by molar-refractivity contribution is 7.79. The van der Waals surface area contributed by atoms with Crippen LogP contribution in [0.25, 0.3) is 0 Å². The van der Waals surface area contributed by atoms with Gasteiger partial charge in [-0.2, -0.15) is 12.6 Å². The smallest absolute Gasteiger partial charge is 0.194 e. The summed E-state index contributed by atoms with van der Waals surface area (Å²) in [5, 5.41) is 0. The Bertz CT molecular complexity index is 636. The van der Waals surface area contributed by atoms with Crippen molar-refractivity contribution in [2.24, 2.45) is 0 Å². The Hall–Kier alpha value is -1.87. The number of allylic oxidation sites excluding steroid dienone is 4. The van der Waals surface area contributed by atoms with Crippen LogP contribution < -0.4 is 0 Å². The largest absolute Gasteiger partial charge is 0.289 e. The standard InChI is InChI=1S/C16H14O2.CH4S/c1-5-11-13(9(2)3)16(18)12-8-6-7-10(4)14(12)15(11)17;1-2/h5-8H,1-2H2,3-4H3;2H,1H3. The molecule has 0 aromatic heterocycles. The Kier molecular flexibility index (Phi) is 5.28. The van der Waals surface area contributed by atoms with Gasteiger partial charge in [-0.15, -0.1) is 0 Å². The van der Waals surface area contributed by atoms with Gasteiger partial charge in [-0.1, -0.05) is 37.4 Å². The molecule has 1 aliphatic carbocycles. The second-order valence-corrected chi connectivity index (χ2v) is 4.43. The van der Waals surface area contributed by atoms with E-state index in [1.165, 1.54) is 6.08 Å². The first-order chi connectivity index (χ1) is 9.49. The van der Waals surface area contributed by atoms with Crippen molar-refractivity contribution < 1.29 is 9.59 Å². The Morgan fingerprint density at radius 3 is 2.30 bits per heavy atom. The summed E-state index contributed by atoms with van der Waals surface area (Å²) in [6, 6.07) is 5.30. The fourth-order valence-electron chi connectivity index (χ4n) is 2.28. The first kappa shape index (κ1) is 16.2. The zero-order chi connectivity index (χ0) is 15.4. The van der Waals surface area contributed by atoms with Crippen LogP contribution in [-0.4, -0.2) is 17.8 Å². The third-order valence-electron chi connectivity index (χ3n) is 3.12. The van der Waals surface area contributed by atoms with E-state index >= 15 is 0 Å². The molecule has 0 unspecified atom stereocenters. The second kappa shape index (κ2) is 6.53. The number of benzene rings is 1.